The van der Waals surface area contributed by atoms with Gasteiger partial charge in [-0.15, -0.1) is 11.8 Å². The van der Waals surface area contributed by atoms with Crippen molar-refractivity contribution < 1.29 is 14.7 Å². The number of benzene rings is 3. The number of anilines is 1. The van der Waals surface area contributed by atoms with E-state index in [1.54, 1.807) is 30.0 Å². The van der Waals surface area contributed by atoms with Gasteiger partial charge >= 0.3 is 5.97 Å². The van der Waals surface area contributed by atoms with E-state index in [2.05, 4.69) is 36.6 Å². The number of nitrogens with zero attached hydrogens (tertiary/aromatic N) is 1. The summed E-state index contributed by atoms with van der Waals surface area (Å²) in [5.74, 6) is -0.668. The summed E-state index contributed by atoms with van der Waals surface area (Å²) in [6, 6.07) is 23.3. The summed E-state index contributed by atoms with van der Waals surface area (Å²) < 4.78 is 0. The highest BCUT2D eigenvalue weighted by Crippen LogP contribution is 2.66. The van der Waals surface area contributed by atoms with Gasteiger partial charge in [-0.05, 0) is 59.7 Å². The molecular weight excluding hydrogens is 394 g/mol. The fraction of sp³-hybridized carbons (Fsp3) is 0.200. The van der Waals surface area contributed by atoms with Crippen molar-refractivity contribution in [2.45, 2.75) is 29.2 Å². The summed E-state index contributed by atoms with van der Waals surface area (Å²) in [7, 11) is 0. The molecule has 2 aliphatic rings. The van der Waals surface area contributed by atoms with Gasteiger partial charge in [-0.3, -0.25) is 4.79 Å². The molecule has 5 rings (SSSR count). The van der Waals surface area contributed by atoms with Gasteiger partial charge in [0.1, 0.15) is 0 Å². The van der Waals surface area contributed by atoms with Crippen molar-refractivity contribution in [1.29, 1.82) is 0 Å². The molecule has 1 aliphatic carbocycles. The monoisotopic (exact) mass is 415 g/mol. The fourth-order valence-electron chi connectivity index (χ4n) is 4.73. The van der Waals surface area contributed by atoms with Crippen molar-refractivity contribution in [1.82, 2.24) is 0 Å². The van der Waals surface area contributed by atoms with Crippen LogP contribution in [0.25, 0.3) is 0 Å². The Balaban J connectivity index is 1.49. The van der Waals surface area contributed by atoms with E-state index in [1.165, 1.54) is 10.5 Å². The average Bonchev–Trinajstić information content (AvgIpc) is 3.49. The van der Waals surface area contributed by atoms with Gasteiger partial charge in [-0.25, -0.2) is 4.79 Å². The Morgan fingerprint density at radius 3 is 2.60 bits per heavy atom. The number of carbonyl (C=O) groups is 2. The molecule has 1 unspecified atom stereocenters. The lowest BCUT2D eigenvalue weighted by atomic mass is 9.92. The molecule has 1 N–H and O–H groups in total. The first-order chi connectivity index (χ1) is 14.5. The van der Waals surface area contributed by atoms with Gasteiger partial charge in [-0.2, -0.15) is 0 Å². The molecule has 1 spiro atoms. The maximum absolute atomic E-state index is 13.7. The van der Waals surface area contributed by atoms with E-state index >= 15 is 0 Å². The Hall–Kier alpha value is -3.05. The highest BCUT2D eigenvalue weighted by atomic mass is 32.2. The van der Waals surface area contributed by atoms with Gasteiger partial charge in [-0.1, -0.05) is 42.5 Å². The molecule has 1 amide bonds. The number of thioether (sulfide) groups is 1. The molecule has 1 saturated carbocycles. The van der Waals surface area contributed by atoms with Gasteiger partial charge in [0.2, 0.25) is 5.91 Å². The maximum Gasteiger partial charge on any atom is 0.335 e. The van der Waals surface area contributed by atoms with Crippen LogP contribution in [0.2, 0.25) is 0 Å². The lowest BCUT2D eigenvalue weighted by molar-refractivity contribution is -0.120. The molecule has 2 atom stereocenters. The lowest BCUT2D eigenvalue weighted by Crippen LogP contribution is -2.32. The van der Waals surface area contributed by atoms with Crippen LogP contribution in [0.5, 0.6) is 0 Å². The molecule has 150 valence electrons. The van der Waals surface area contributed by atoms with Gasteiger partial charge in [0.25, 0.3) is 0 Å². The van der Waals surface area contributed by atoms with Crippen LogP contribution in [-0.4, -0.2) is 23.2 Å². The summed E-state index contributed by atoms with van der Waals surface area (Å²) >= 11 is 1.71. The number of para-hydroxylation sites is 1. The molecule has 1 heterocycles. The van der Waals surface area contributed by atoms with E-state index in [0.717, 1.165) is 23.2 Å². The minimum absolute atomic E-state index is 0.114. The second-order valence-corrected chi connectivity index (χ2v) is 8.79. The molecule has 0 saturated heterocycles. The molecule has 3 aromatic rings. The Kier molecular flexibility index (Phi) is 4.44. The highest BCUT2D eigenvalue weighted by Gasteiger charge is 2.66. The normalized spacial score (nSPS) is 21.7. The second kappa shape index (κ2) is 7.03. The number of hydrogen-bond acceptors (Lipinski definition) is 3. The largest absolute Gasteiger partial charge is 0.478 e. The number of carboxylic acids is 1. The van der Waals surface area contributed by atoms with Crippen molar-refractivity contribution >= 4 is 29.3 Å². The lowest BCUT2D eigenvalue weighted by Gasteiger charge is -2.19. The van der Waals surface area contributed by atoms with Crippen LogP contribution in [0.15, 0.2) is 77.7 Å². The predicted octanol–water partition coefficient (Wildman–Crippen LogP) is 5.08. The quantitative estimate of drug-likeness (QED) is 0.591. The number of carboxylic acid groups (broad SMARTS) is 1. The van der Waals surface area contributed by atoms with Crippen molar-refractivity contribution in [2.75, 3.05) is 11.2 Å². The van der Waals surface area contributed by atoms with Crippen molar-refractivity contribution in [3.63, 3.8) is 0 Å². The van der Waals surface area contributed by atoms with E-state index in [-0.39, 0.29) is 17.4 Å². The second-order valence-electron chi connectivity index (χ2n) is 7.92. The fourth-order valence-corrected chi connectivity index (χ4v) is 5.14. The molecule has 3 aromatic carbocycles. The number of rotatable bonds is 5. The summed E-state index contributed by atoms with van der Waals surface area (Å²) in [5.41, 5.74) is 3.78. The zero-order valence-electron chi connectivity index (χ0n) is 16.5. The van der Waals surface area contributed by atoms with E-state index < -0.39 is 11.4 Å². The number of hydrogen-bond donors (Lipinski definition) is 1. The zero-order chi connectivity index (χ0) is 20.9. The summed E-state index contributed by atoms with van der Waals surface area (Å²) in [4.78, 5) is 28.1. The van der Waals surface area contributed by atoms with Crippen LogP contribution in [0.4, 0.5) is 5.69 Å². The molecule has 0 radical (unpaired) electrons. The Morgan fingerprint density at radius 2 is 1.87 bits per heavy atom. The maximum atomic E-state index is 13.7. The summed E-state index contributed by atoms with van der Waals surface area (Å²) in [5, 5.41) is 9.29. The first kappa shape index (κ1) is 18.9. The molecule has 0 aromatic heterocycles. The summed E-state index contributed by atoms with van der Waals surface area (Å²) in [6.07, 6.45) is 2.87. The van der Waals surface area contributed by atoms with E-state index in [4.69, 9.17) is 0 Å². The Morgan fingerprint density at radius 1 is 1.10 bits per heavy atom. The van der Waals surface area contributed by atoms with Crippen LogP contribution < -0.4 is 4.90 Å². The molecule has 1 aliphatic heterocycles. The van der Waals surface area contributed by atoms with Gasteiger partial charge < -0.3 is 10.0 Å². The minimum Gasteiger partial charge on any atom is -0.478 e. The Labute approximate surface area is 179 Å². The van der Waals surface area contributed by atoms with E-state index in [1.807, 2.05) is 29.2 Å². The topological polar surface area (TPSA) is 57.6 Å². The number of amides is 1. The van der Waals surface area contributed by atoms with E-state index in [0.29, 0.717) is 6.54 Å². The third-order valence-electron chi connectivity index (χ3n) is 6.30. The van der Waals surface area contributed by atoms with Crippen LogP contribution in [0, 0.1) is 0 Å². The first-order valence-electron chi connectivity index (χ1n) is 9.92. The average molecular weight is 416 g/mol. The standard InChI is InChI=1S/C25H21NO3S/c1-30-19-11-9-17(10-12-19)21-14-25(21)20-7-2-3-8-22(20)26(24(25)29)15-16-5-4-6-18(13-16)23(27)28/h2-13,21H,14-15H2,1H3,(H,27,28)/t21?,25-/m1/s1. The smallest absolute Gasteiger partial charge is 0.335 e. The van der Waals surface area contributed by atoms with Gasteiger partial charge in [0.15, 0.2) is 0 Å². The Bertz CT molecular complexity index is 1160. The number of fused-ring (bicyclic) bond motifs is 2. The van der Waals surface area contributed by atoms with Crippen molar-refractivity contribution in [3.05, 3.63) is 95.1 Å². The highest BCUT2D eigenvalue weighted by molar-refractivity contribution is 7.98. The first-order valence-corrected chi connectivity index (χ1v) is 11.1. The number of aromatic carboxylic acids is 1. The predicted molar refractivity (Wildman–Crippen MR) is 118 cm³/mol. The van der Waals surface area contributed by atoms with Crippen molar-refractivity contribution in [2.24, 2.45) is 0 Å². The zero-order valence-corrected chi connectivity index (χ0v) is 17.4. The third kappa shape index (κ3) is 2.84. The van der Waals surface area contributed by atoms with Crippen LogP contribution in [0.3, 0.4) is 0 Å². The minimum atomic E-state index is -0.961. The van der Waals surface area contributed by atoms with Gasteiger partial charge in [0.05, 0.1) is 17.5 Å². The molecular formula is C25H21NO3S. The summed E-state index contributed by atoms with van der Waals surface area (Å²) in [6.45, 7) is 0.372. The molecule has 4 nitrogen and oxygen atoms in total. The molecule has 30 heavy (non-hydrogen) atoms. The third-order valence-corrected chi connectivity index (χ3v) is 7.04. The molecule has 1 fully saturated rings. The van der Waals surface area contributed by atoms with E-state index in [9.17, 15) is 14.7 Å². The molecule has 0 bridgehead atoms. The van der Waals surface area contributed by atoms with Crippen LogP contribution >= 0.6 is 11.8 Å². The van der Waals surface area contributed by atoms with Gasteiger partial charge in [0, 0.05) is 16.5 Å². The SMILES string of the molecule is CSc1ccc(C2C[C@]23C(=O)N(Cc2cccc(C(=O)O)c2)c2ccccc23)cc1. The molecule has 5 heteroatoms. The van der Waals surface area contributed by atoms with Crippen LogP contribution in [0.1, 0.15) is 39.4 Å². The van der Waals surface area contributed by atoms with Crippen molar-refractivity contribution in [3.8, 4) is 0 Å². The van der Waals surface area contributed by atoms with Crippen LogP contribution in [-0.2, 0) is 16.8 Å². The number of carbonyl (C=O) groups excluding carboxylic acids is 1.